The lowest BCUT2D eigenvalue weighted by Crippen LogP contribution is -2.20. The second-order valence-corrected chi connectivity index (χ2v) is 5.97. The Morgan fingerprint density at radius 3 is 1.19 bits per heavy atom. The van der Waals surface area contributed by atoms with Gasteiger partial charge in [-0.05, 0) is 35.4 Å². The lowest BCUT2D eigenvalue weighted by molar-refractivity contribution is 0.101. The fourth-order valence-corrected chi connectivity index (χ4v) is 3.16. The van der Waals surface area contributed by atoms with E-state index >= 15 is 0 Å². The number of hydrogen-bond donors (Lipinski definition) is 0. The van der Waals surface area contributed by atoms with Crippen LogP contribution in [-0.4, -0.2) is 11.6 Å². The summed E-state index contributed by atoms with van der Waals surface area (Å²) in [6, 6.07) is 17.4. The van der Waals surface area contributed by atoms with Gasteiger partial charge in [0.15, 0.2) is 11.6 Å². The molecule has 0 amide bonds. The average molecular weight is 346 g/mol. The lowest BCUT2D eigenvalue weighted by atomic mass is 9.79. The van der Waals surface area contributed by atoms with E-state index in [2.05, 4.69) is 0 Å². The minimum atomic E-state index is -0.437. The Balaban J connectivity index is 2.03. The van der Waals surface area contributed by atoms with Crippen molar-refractivity contribution in [1.82, 2.24) is 0 Å². The Kier molecular flexibility index (Phi) is 3.81. The Labute approximate surface area is 148 Å². The second kappa shape index (κ2) is 6.15. The van der Waals surface area contributed by atoms with Crippen LogP contribution in [-0.2, 0) is 0 Å². The number of benzene rings is 3. The van der Waals surface area contributed by atoms with Gasteiger partial charge in [0, 0.05) is 22.3 Å². The van der Waals surface area contributed by atoms with Gasteiger partial charge < -0.3 is 0 Å². The Bertz CT molecular complexity index is 976. The van der Waals surface area contributed by atoms with Gasteiger partial charge >= 0.3 is 0 Å². The van der Waals surface area contributed by atoms with Gasteiger partial charge in [-0.25, -0.2) is 8.78 Å². The van der Waals surface area contributed by atoms with Gasteiger partial charge in [0.1, 0.15) is 11.6 Å². The molecule has 2 nitrogen and oxygen atoms in total. The average Bonchev–Trinajstić information content (AvgIpc) is 2.66. The molecule has 0 heterocycles. The Morgan fingerprint density at radius 1 is 0.500 bits per heavy atom. The number of carbonyl (C=O) groups excluding carboxylic acids is 2. The van der Waals surface area contributed by atoms with E-state index < -0.39 is 11.6 Å². The van der Waals surface area contributed by atoms with E-state index in [-0.39, 0.29) is 22.7 Å². The maximum absolute atomic E-state index is 13.3. The highest BCUT2D eigenvalue weighted by Gasteiger charge is 2.33. The first-order valence-corrected chi connectivity index (χ1v) is 8.01. The van der Waals surface area contributed by atoms with Gasteiger partial charge in [-0.3, -0.25) is 9.59 Å². The van der Waals surface area contributed by atoms with Crippen molar-refractivity contribution in [2.24, 2.45) is 0 Å². The highest BCUT2D eigenvalue weighted by Crippen LogP contribution is 2.37. The number of fused-ring (bicyclic) bond motifs is 1. The van der Waals surface area contributed by atoms with Crippen LogP contribution in [0.2, 0.25) is 0 Å². The maximum Gasteiger partial charge on any atom is 0.195 e. The summed E-state index contributed by atoms with van der Waals surface area (Å²) in [6.07, 6.45) is 0. The van der Waals surface area contributed by atoms with E-state index in [4.69, 9.17) is 0 Å². The van der Waals surface area contributed by atoms with Gasteiger partial charge in [-0.2, -0.15) is 0 Å². The minimum absolute atomic E-state index is 0.195. The van der Waals surface area contributed by atoms with Crippen molar-refractivity contribution >= 4 is 22.7 Å². The molecule has 0 saturated heterocycles. The first-order valence-electron chi connectivity index (χ1n) is 8.01. The third kappa shape index (κ3) is 2.56. The van der Waals surface area contributed by atoms with Crippen molar-refractivity contribution in [2.45, 2.75) is 0 Å². The minimum Gasteiger partial charge on any atom is -0.289 e. The fraction of sp³-hybridized carbons (Fsp3) is 0. The Morgan fingerprint density at radius 2 is 0.846 bits per heavy atom. The summed E-state index contributed by atoms with van der Waals surface area (Å²) in [5.74, 6) is -1.50. The molecular weight excluding hydrogens is 334 g/mol. The van der Waals surface area contributed by atoms with Crippen LogP contribution in [0.15, 0.2) is 72.8 Å². The molecule has 126 valence electrons. The molecule has 1 aliphatic rings. The molecule has 0 aliphatic heterocycles. The number of Topliss-reactive ketones (excluding diaryl/α,β-unsaturated/α-hetero) is 2. The molecule has 3 aromatic rings. The topological polar surface area (TPSA) is 34.1 Å². The highest BCUT2D eigenvalue weighted by atomic mass is 19.1. The summed E-state index contributed by atoms with van der Waals surface area (Å²) < 4.78 is 26.6. The fourth-order valence-electron chi connectivity index (χ4n) is 3.16. The molecule has 0 radical (unpaired) electrons. The smallest absolute Gasteiger partial charge is 0.195 e. The van der Waals surface area contributed by atoms with Crippen molar-refractivity contribution in [3.63, 3.8) is 0 Å². The van der Waals surface area contributed by atoms with E-state index in [1.165, 1.54) is 48.5 Å². The predicted molar refractivity (Wildman–Crippen MR) is 94.7 cm³/mol. The molecular formula is C22H12F2O2. The molecule has 0 bridgehead atoms. The van der Waals surface area contributed by atoms with E-state index in [0.29, 0.717) is 22.3 Å². The number of hydrogen-bond acceptors (Lipinski definition) is 2. The quantitative estimate of drug-likeness (QED) is 0.658. The van der Waals surface area contributed by atoms with Crippen LogP contribution in [0.5, 0.6) is 0 Å². The molecule has 0 saturated carbocycles. The molecule has 26 heavy (non-hydrogen) atoms. The van der Waals surface area contributed by atoms with Crippen LogP contribution in [0.4, 0.5) is 8.78 Å². The predicted octanol–water partition coefficient (Wildman–Crippen LogP) is 4.95. The summed E-state index contributed by atoms with van der Waals surface area (Å²) in [5.41, 5.74) is 1.89. The van der Waals surface area contributed by atoms with Gasteiger partial charge in [0.25, 0.3) is 0 Å². The summed E-state index contributed by atoms with van der Waals surface area (Å²) in [4.78, 5) is 26.2. The Hall–Kier alpha value is -3.40. The third-order valence-electron chi connectivity index (χ3n) is 4.39. The van der Waals surface area contributed by atoms with E-state index in [1.807, 2.05) is 0 Å². The SMILES string of the molecule is O=C1C(c2ccc(F)cc2)=C(c2ccc(F)cc2)C(=O)c2ccccc21. The number of ketones is 2. The summed E-state index contributed by atoms with van der Waals surface area (Å²) in [5, 5.41) is 0. The number of carbonyl (C=O) groups is 2. The zero-order chi connectivity index (χ0) is 18.3. The molecule has 4 rings (SSSR count). The van der Waals surface area contributed by atoms with Crippen molar-refractivity contribution in [2.75, 3.05) is 0 Å². The van der Waals surface area contributed by atoms with Gasteiger partial charge in [-0.15, -0.1) is 0 Å². The van der Waals surface area contributed by atoms with Crippen LogP contribution in [0, 0.1) is 11.6 Å². The highest BCUT2D eigenvalue weighted by molar-refractivity contribution is 6.51. The van der Waals surface area contributed by atoms with Gasteiger partial charge in [-0.1, -0.05) is 48.5 Å². The third-order valence-corrected chi connectivity index (χ3v) is 4.39. The number of allylic oxidation sites excluding steroid dienone is 2. The van der Waals surface area contributed by atoms with Crippen molar-refractivity contribution in [1.29, 1.82) is 0 Å². The van der Waals surface area contributed by atoms with Gasteiger partial charge in [0.05, 0.1) is 0 Å². The molecule has 0 fully saturated rings. The molecule has 0 spiro atoms. The molecule has 0 aromatic heterocycles. The van der Waals surface area contributed by atoms with E-state index in [1.54, 1.807) is 24.3 Å². The first kappa shape index (κ1) is 16.1. The van der Waals surface area contributed by atoms with Crippen LogP contribution in [0.1, 0.15) is 31.8 Å². The largest absolute Gasteiger partial charge is 0.289 e. The lowest BCUT2D eigenvalue weighted by Gasteiger charge is -2.21. The van der Waals surface area contributed by atoms with Gasteiger partial charge in [0.2, 0.25) is 0 Å². The monoisotopic (exact) mass is 346 g/mol. The molecule has 4 heteroatoms. The normalized spacial score (nSPS) is 13.8. The first-order chi connectivity index (χ1) is 12.6. The maximum atomic E-state index is 13.3. The van der Waals surface area contributed by atoms with Crippen LogP contribution in [0.3, 0.4) is 0 Å². The molecule has 0 unspecified atom stereocenters. The van der Waals surface area contributed by atoms with Crippen molar-refractivity contribution in [3.8, 4) is 0 Å². The second-order valence-electron chi connectivity index (χ2n) is 5.97. The number of rotatable bonds is 2. The standard InChI is InChI=1S/C22H12F2O2/c23-15-9-5-13(6-10-15)19-20(14-7-11-16(24)12-8-14)22(26)18-4-2-1-3-17(18)21(19)25/h1-12H. The molecule has 1 aliphatic carbocycles. The van der Waals surface area contributed by atoms with E-state index in [0.717, 1.165) is 0 Å². The summed E-state index contributed by atoms with van der Waals surface area (Å²) in [6.45, 7) is 0. The molecule has 0 N–H and O–H groups in total. The molecule has 3 aromatic carbocycles. The van der Waals surface area contributed by atoms with Crippen molar-refractivity contribution < 1.29 is 18.4 Å². The van der Waals surface area contributed by atoms with Crippen molar-refractivity contribution in [3.05, 3.63) is 107 Å². The van der Waals surface area contributed by atoms with Crippen LogP contribution in [0.25, 0.3) is 11.1 Å². The summed E-state index contributed by atoms with van der Waals surface area (Å²) >= 11 is 0. The van der Waals surface area contributed by atoms with E-state index in [9.17, 15) is 18.4 Å². The zero-order valence-electron chi connectivity index (χ0n) is 13.5. The molecule has 0 atom stereocenters. The number of halogens is 2. The zero-order valence-corrected chi connectivity index (χ0v) is 13.5. The summed E-state index contributed by atoms with van der Waals surface area (Å²) in [7, 11) is 0. The van der Waals surface area contributed by atoms with Crippen LogP contribution >= 0.6 is 0 Å². The van der Waals surface area contributed by atoms with Crippen LogP contribution < -0.4 is 0 Å².